The predicted molar refractivity (Wildman–Crippen MR) is 67.0 cm³/mol. The van der Waals surface area contributed by atoms with Gasteiger partial charge in [0, 0.05) is 27.0 Å². The van der Waals surface area contributed by atoms with Crippen molar-refractivity contribution in [1.82, 2.24) is 9.55 Å². The Morgan fingerprint density at radius 1 is 1.60 bits per heavy atom. The molecule has 2 aromatic rings. The van der Waals surface area contributed by atoms with Crippen molar-refractivity contribution in [1.29, 1.82) is 0 Å². The summed E-state index contributed by atoms with van der Waals surface area (Å²) in [7, 11) is 0. The van der Waals surface area contributed by atoms with Crippen molar-refractivity contribution in [3.63, 3.8) is 0 Å². The number of halogens is 1. The maximum Gasteiger partial charge on any atom is 0.251 e. The molecule has 0 fully saturated rings. The van der Waals surface area contributed by atoms with Gasteiger partial charge in [-0.05, 0) is 34.2 Å². The maximum atomic E-state index is 11.0. The minimum absolute atomic E-state index is 0.163. The molecule has 0 amide bonds. The molecule has 0 aromatic carbocycles. The van der Waals surface area contributed by atoms with E-state index in [-0.39, 0.29) is 5.56 Å². The third-order valence-electron chi connectivity index (χ3n) is 1.84. The number of hydrogen-bond acceptors (Lipinski definition) is 3. The summed E-state index contributed by atoms with van der Waals surface area (Å²) >= 11 is 10.1. The Balaban J connectivity index is 2.32. The zero-order valence-corrected chi connectivity index (χ0v) is 10.8. The predicted octanol–water partition coefficient (Wildman–Crippen LogP) is 2.78. The number of aromatic nitrogens is 2. The van der Waals surface area contributed by atoms with Crippen molar-refractivity contribution in [2.75, 3.05) is 0 Å². The SMILES string of the molecule is O=c1ccn(Cc2cc(Br)cs2)c(=S)[nH]1. The Bertz CT molecular complexity index is 584. The molecule has 2 rings (SSSR count). The monoisotopic (exact) mass is 302 g/mol. The van der Waals surface area contributed by atoms with Crippen LogP contribution in [-0.2, 0) is 6.54 Å². The van der Waals surface area contributed by atoms with Crippen LogP contribution in [0.4, 0.5) is 0 Å². The minimum atomic E-state index is -0.163. The largest absolute Gasteiger partial charge is 0.320 e. The van der Waals surface area contributed by atoms with Gasteiger partial charge in [0.1, 0.15) is 0 Å². The topological polar surface area (TPSA) is 37.8 Å². The first-order valence-corrected chi connectivity index (χ1v) is 6.26. The highest BCUT2D eigenvalue weighted by molar-refractivity contribution is 9.10. The van der Waals surface area contributed by atoms with Crippen LogP contribution in [0.1, 0.15) is 4.88 Å². The summed E-state index contributed by atoms with van der Waals surface area (Å²) in [6.07, 6.45) is 1.70. The maximum absolute atomic E-state index is 11.0. The number of nitrogens with one attached hydrogen (secondary N) is 1. The highest BCUT2D eigenvalue weighted by Gasteiger charge is 1.99. The van der Waals surface area contributed by atoms with Crippen molar-refractivity contribution in [2.45, 2.75) is 6.54 Å². The van der Waals surface area contributed by atoms with Crippen LogP contribution in [0.15, 0.2) is 33.0 Å². The highest BCUT2D eigenvalue weighted by atomic mass is 79.9. The van der Waals surface area contributed by atoms with E-state index in [1.165, 1.54) is 10.9 Å². The summed E-state index contributed by atoms with van der Waals surface area (Å²) in [4.78, 5) is 14.7. The van der Waals surface area contributed by atoms with Gasteiger partial charge in [0.15, 0.2) is 4.77 Å². The lowest BCUT2D eigenvalue weighted by Gasteiger charge is -2.02. The second-order valence-electron chi connectivity index (χ2n) is 2.97. The average molecular weight is 303 g/mol. The van der Waals surface area contributed by atoms with Gasteiger partial charge in [0.05, 0.1) is 6.54 Å². The van der Waals surface area contributed by atoms with E-state index < -0.39 is 0 Å². The molecule has 0 aliphatic rings. The summed E-state index contributed by atoms with van der Waals surface area (Å²) < 4.78 is 3.35. The standard InChI is InChI=1S/C9H7BrN2OS2/c10-6-3-7(15-5-6)4-12-2-1-8(13)11-9(12)14/h1-3,5H,4H2,(H,11,13,14). The highest BCUT2D eigenvalue weighted by Crippen LogP contribution is 2.20. The first kappa shape index (κ1) is 10.8. The molecular weight excluding hydrogens is 296 g/mol. The number of H-pyrrole nitrogens is 1. The molecule has 2 aromatic heterocycles. The van der Waals surface area contributed by atoms with Gasteiger partial charge in [0.2, 0.25) is 0 Å². The molecule has 15 heavy (non-hydrogen) atoms. The van der Waals surface area contributed by atoms with E-state index in [2.05, 4.69) is 20.9 Å². The van der Waals surface area contributed by atoms with Crippen LogP contribution >= 0.6 is 39.5 Å². The van der Waals surface area contributed by atoms with E-state index in [9.17, 15) is 4.79 Å². The number of aromatic amines is 1. The Morgan fingerprint density at radius 3 is 3.00 bits per heavy atom. The lowest BCUT2D eigenvalue weighted by atomic mass is 10.4. The Kier molecular flexibility index (Phi) is 3.18. The molecule has 0 aliphatic heterocycles. The molecule has 3 nitrogen and oxygen atoms in total. The summed E-state index contributed by atoms with van der Waals surface area (Å²) in [5.41, 5.74) is -0.163. The molecule has 6 heteroatoms. The summed E-state index contributed by atoms with van der Waals surface area (Å²) in [5, 5.41) is 2.02. The zero-order valence-electron chi connectivity index (χ0n) is 7.57. The second kappa shape index (κ2) is 4.42. The van der Waals surface area contributed by atoms with Gasteiger partial charge < -0.3 is 4.57 Å². The Morgan fingerprint density at radius 2 is 2.40 bits per heavy atom. The van der Waals surface area contributed by atoms with Crippen molar-refractivity contribution < 1.29 is 0 Å². The van der Waals surface area contributed by atoms with Crippen molar-refractivity contribution in [3.05, 3.63) is 48.2 Å². The fourth-order valence-electron chi connectivity index (χ4n) is 1.17. The molecule has 0 bridgehead atoms. The van der Waals surface area contributed by atoms with E-state index >= 15 is 0 Å². The molecular formula is C9H7BrN2OS2. The molecule has 1 N–H and O–H groups in total. The lowest BCUT2D eigenvalue weighted by molar-refractivity contribution is 0.754. The van der Waals surface area contributed by atoms with Gasteiger partial charge >= 0.3 is 0 Å². The molecule has 0 unspecified atom stereocenters. The van der Waals surface area contributed by atoms with Gasteiger partial charge in [-0.1, -0.05) is 0 Å². The van der Waals surface area contributed by atoms with Crippen molar-refractivity contribution in [2.24, 2.45) is 0 Å². The van der Waals surface area contributed by atoms with E-state index in [0.717, 1.165) is 4.47 Å². The quantitative estimate of drug-likeness (QED) is 0.866. The average Bonchev–Trinajstić information content (AvgIpc) is 2.56. The van der Waals surface area contributed by atoms with E-state index in [1.54, 1.807) is 17.5 Å². The van der Waals surface area contributed by atoms with E-state index in [4.69, 9.17) is 12.2 Å². The minimum Gasteiger partial charge on any atom is -0.320 e. The van der Waals surface area contributed by atoms with Crippen molar-refractivity contribution in [3.8, 4) is 0 Å². The zero-order chi connectivity index (χ0) is 10.8. The van der Waals surface area contributed by atoms with Crippen LogP contribution in [0.2, 0.25) is 0 Å². The molecule has 78 valence electrons. The van der Waals surface area contributed by atoms with Crippen LogP contribution in [0.25, 0.3) is 0 Å². The molecule has 0 saturated heterocycles. The third-order valence-corrected chi connectivity index (χ3v) is 3.86. The normalized spacial score (nSPS) is 10.5. The number of nitrogens with zero attached hydrogens (tertiary/aromatic N) is 1. The van der Waals surface area contributed by atoms with Gasteiger partial charge in [-0.15, -0.1) is 11.3 Å². The molecule has 0 saturated carbocycles. The van der Waals surface area contributed by atoms with Gasteiger partial charge in [0.25, 0.3) is 5.56 Å². The van der Waals surface area contributed by atoms with Gasteiger partial charge in [-0.25, -0.2) is 0 Å². The third kappa shape index (κ3) is 2.64. The summed E-state index contributed by atoms with van der Waals surface area (Å²) in [5.74, 6) is 0. The van der Waals surface area contributed by atoms with Crippen LogP contribution in [0, 0.1) is 4.77 Å². The summed E-state index contributed by atoms with van der Waals surface area (Å²) in [6.45, 7) is 0.686. The van der Waals surface area contributed by atoms with Crippen LogP contribution in [-0.4, -0.2) is 9.55 Å². The second-order valence-corrected chi connectivity index (χ2v) is 5.27. The van der Waals surface area contributed by atoms with Crippen LogP contribution < -0.4 is 5.56 Å². The van der Waals surface area contributed by atoms with Gasteiger partial charge in [-0.2, -0.15) is 0 Å². The van der Waals surface area contributed by atoms with Crippen LogP contribution in [0.5, 0.6) is 0 Å². The fourth-order valence-corrected chi connectivity index (χ4v) is 2.85. The lowest BCUT2D eigenvalue weighted by Crippen LogP contribution is -2.11. The van der Waals surface area contributed by atoms with Gasteiger partial charge in [-0.3, -0.25) is 9.78 Å². The first-order valence-electron chi connectivity index (χ1n) is 4.18. The first-order chi connectivity index (χ1) is 7.15. The number of thiophene rings is 1. The Labute approximate surface area is 104 Å². The molecule has 0 aliphatic carbocycles. The smallest absolute Gasteiger partial charge is 0.251 e. The molecule has 2 heterocycles. The Hall–Kier alpha value is -0.720. The molecule has 0 spiro atoms. The number of hydrogen-bond donors (Lipinski definition) is 1. The van der Waals surface area contributed by atoms with Crippen LogP contribution in [0.3, 0.4) is 0 Å². The summed E-state index contributed by atoms with van der Waals surface area (Å²) in [6, 6.07) is 3.51. The van der Waals surface area contributed by atoms with Crippen molar-refractivity contribution >= 4 is 39.5 Å². The van der Waals surface area contributed by atoms with E-state index in [0.29, 0.717) is 11.3 Å². The molecule has 0 radical (unpaired) electrons. The number of rotatable bonds is 2. The van der Waals surface area contributed by atoms with E-state index in [1.807, 2.05) is 16.0 Å². The fraction of sp³-hybridized carbons (Fsp3) is 0.111. The molecule has 0 atom stereocenters.